The van der Waals surface area contributed by atoms with Crippen LogP contribution < -0.4 is 0 Å². The summed E-state index contributed by atoms with van der Waals surface area (Å²) >= 11 is 0. The van der Waals surface area contributed by atoms with Gasteiger partial charge in [0, 0.05) is 49.4 Å². The summed E-state index contributed by atoms with van der Waals surface area (Å²) in [4.78, 5) is 20.7. The van der Waals surface area contributed by atoms with Gasteiger partial charge >= 0.3 is 0 Å². The molecule has 0 amide bonds. The number of benzene rings is 9. The second-order valence-corrected chi connectivity index (χ2v) is 18.0. The maximum atomic E-state index is 7.00. The van der Waals surface area contributed by atoms with Gasteiger partial charge in [-0.05, 0) is 93.0 Å². The first-order valence-electron chi connectivity index (χ1n) is 23.3. The van der Waals surface area contributed by atoms with E-state index >= 15 is 0 Å². The van der Waals surface area contributed by atoms with E-state index in [1.165, 1.54) is 44.5 Å². The Balaban J connectivity index is 0.960. The molecular formula is C63H36N4O2. The van der Waals surface area contributed by atoms with E-state index in [4.69, 9.17) is 28.8 Å². The van der Waals surface area contributed by atoms with Gasteiger partial charge in [0.1, 0.15) is 22.3 Å². The zero-order valence-corrected chi connectivity index (χ0v) is 36.9. The van der Waals surface area contributed by atoms with Crippen LogP contribution in [0.3, 0.4) is 0 Å². The molecule has 0 fully saturated rings. The summed E-state index contributed by atoms with van der Waals surface area (Å²) in [6.07, 6.45) is 0. The first-order chi connectivity index (χ1) is 34.2. The Kier molecular flexibility index (Phi) is 7.89. The molecule has 69 heavy (non-hydrogen) atoms. The maximum absolute atomic E-state index is 7.00. The van der Waals surface area contributed by atoms with Crippen LogP contribution in [-0.4, -0.2) is 19.9 Å². The van der Waals surface area contributed by atoms with Crippen molar-refractivity contribution in [3.63, 3.8) is 0 Å². The van der Waals surface area contributed by atoms with Crippen molar-refractivity contribution in [1.29, 1.82) is 0 Å². The van der Waals surface area contributed by atoms with E-state index < -0.39 is 5.41 Å². The van der Waals surface area contributed by atoms with E-state index in [9.17, 15) is 0 Å². The molecule has 0 saturated heterocycles. The van der Waals surface area contributed by atoms with Crippen molar-refractivity contribution in [2.45, 2.75) is 5.41 Å². The predicted octanol–water partition coefficient (Wildman–Crippen LogP) is 15.7. The Labute approximate surface area is 395 Å². The molecule has 4 aromatic heterocycles. The number of hydrogen-bond donors (Lipinski definition) is 0. The van der Waals surface area contributed by atoms with E-state index in [2.05, 4.69) is 146 Å². The van der Waals surface area contributed by atoms with Gasteiger partial charge in [0.2, 0.25) is 0 Å². The molecule has 0 N–H and O–H groups in total. The number of para-hydroxylation sites is 1. The third-order valence-electron chi connectivity index (χ3n) is 14.3. The number of hydrogen-bond acceptors (Lipinski definition) is 6. The maximum Gasteiger partial charge on any atom is 0.164 e. The van der Waals surface area contributed by atoms with E-state index in [-0.39, 0.29) is 0 Å². The van der Waals surface area contributed by atoms with E-state index in [0.717, 1.165) is 83.1 Å². The van der Waals surface area contributed by atoms with Crippen molar-refractivity contribution in [2.75, 3.05) is 0 Å². The summed E-state index contributed by atoms with van der Waals surface area (Å²) in [6, 6.07) is 76.4. The van der Waals surface area contributed by atoms with Crippen LogP contribution in [0.4, 0.5) is 0 Å². The zero-order valence-electron chi connectivity index (χ0n) is 36.9. The zero-order chi connectivity index (χ0) is 45.2. The molecule has 4 heterocycles. The van der Waals surface area contributed by atoms with Gasteiger partial charge in [0.05, 0.1) is 16.8 Å². The minimum absolute atomic E-state index is 0.545. The van der Waals surface area contributed by atoms with Crippen LogP contribution >= 0.6 is 0 Å². The normalized spacial score (nSPS) is 13.0. The second-order valence-electron chi connectivity index (χ2n) is 18.0. The number of pyridine rings is 1. The summed E-state index contributed by atoms with van der Waals surface area (Å²) in [5.74, 6) is 1.67. The minimum Gasteiger partial charge on any atom is -0.456 e. The summed E-state index contributed by atoms with van der Waals surface area (Å²) in [5, 5.41) is 4.35. The smallest absolute Gasteiger partial charge is 0.164 e. The number of furan rings is 2. The van der Waals surface area contributed by atoms with Crippen molar-refractivity contribution in [3.05, 3.63) is 241 Å². The lowest BCUT2D eigenvalue weighted by molar-refractivity contribution is 0.666. The van der Waals surface area contributed by atoms with Crippen LogP contribution in [0.15, 0.2) is 227 Å². The highest BCUT2D eigenvalue weighted by atomic mass is 16.3. The van der Waals surface area contributed by atoms with Crippen molar-refractivity contribution in [1.82, 2.24) is 19.9 Å². The summed E-state index contributed by atoms with van der Waals surface area (Å²) in [5.41, 5.74) is 18.8. The first-order valence-corrected chi connectivity index (χ1v) is 23.3. The van der Waals surface area contributed by atoms with Gasteiger partial charge in [0.15, 0.2) is 17.5 Å². The van der Waals surface area contributed by atoms with Crippen molar-refractivity contribution in [3.8, 4) is 78.9 Å². The lowest BCUT2D eigenvalue weighted by Crippen LogP contribution is -2.26. The fourth-order valence-corrected chi connectivity index (χ4v) is 11.4. The summed E-state index contributed by atoms with van der Waals surface area (Å²) in [7, 11) is 0. The fourth-order valence-electron chi connectivity index (χ4n) is 11.4. The third-order valence-corrected chi connectivity index (χ3v) is 14.3. The molecule has 9 aromatic carbocycles. The highest BCUT2D eigenvalue weighted by molar-refractivity contribution is 6.16. The Morgan fingerprint density at radius 3 is 1.52 bits per heavy atom. The van der Waals surface area contributed by atoms with Gasteiger partial charge in [-0.1, -0.05) is 170 Å². The Hall–Kier alpha value is -9.26. The monoisotopic (exact) mass is 880 g/mol. The van der Waals surface area contributed by atoms with Gasteiger partial charge in [-0.2, -0.15) is 0 Å². The van der Waals surface area contributed by atoms with Gasteiger partial charge in [-0.3, -0.25) is 0 Å². The van der Waals surface area contributed by atoms with Crippen LogP contribution in [0.5, 0.6) is 0 Å². The van der Waals surface area contributed by atoms with Gasteiger partial charge in [-0.15, -0.1) is 0 Å². The minimum atomic E-state index is -0.630. The number of aromatic nitrogens is 4. The number of nitrogens with zero attached hydrogens (tertiary/aromatic N) is 4. The highest BCUT2D eigenvalue weighted by Gasteiger charge is 2.53. The molecular weight excluding hydrogens is 845 g/mol. The number of fused-ring (bicyclic) bond motifs is 17. The third kappa shape index (κ3) is 5.48. The molecule has 15 rings (SSSR count). The lowest BCUT2D eigenvalue weighted by Gasteiger charge is -2.31. The van der Waals surface area contributed by atoms with Gasteiger partial charge < -0.3 is 8.83 Å². The fraction of sp³-hybridized carbons (Fsp3) is 0.0159. The van der Waals surface area contributed by atoms with E-state index in [0.29, 0.717) is 17.5 Å². The molecule has 1 spiro atoms. The van der Waals surface area contributed by atoms with Crippen molar-refractivity contribution < 1.29 is 8.83 Å². The molecule has 0 atom stereocenters. The first kappa shape index (κ1) is 37.9. The molecule has 6 nitrogen and oxygen atoms in total. The lowest BCUT2D eigenvalue weighted by atomic mass is 9.69. The Bertz CT molecular complexity index is 4150. The SMILES string of the molecule is c1ccc(-c2cc(-c3nc(-c4ccccc4)nc(-c4ccc5c(c4)oc4ccc6c(c45)C4(c5ccccc5-c5ccccc54)c4cc5oc7ccccc7c5cc4-6)n3)cc(-c3ccccc3)n2)cc1. The van der Waals surface area contributed by atoms with Crippen molar-refractivity contribution in [2.24, 2.45) is 0 Å². The van der Waals surface area contributed by atoms with Crippen LogP contribution in [-0.2, 0) is 5.41 Å². The molecule has 2 aliphatic carbocycles. The standard InChI is InChI=1S/C63H36N4O2/c1-4-16-37(17-5-1)52-32-41(33-53(64-52)38-18-6-2-7-19-38)62-66-60(39-20-8-3-9-21-39)65-61(67-62)40-28-29-46-56(34-40)69-55-31-30-45-47-35-48-44-24-12-15-27-54(44)68-57(48)36-51(47)63(59(45)58(46)55)49-25-13-10-22-42(49)43-23-11-14-26-50(43)63/h1-36H. The average Bonchev–Trinajstić information content (AvgIpc) is 4.15. The molecule has 320 valence electrons. The molecule has 13 aromatic rings. The predicted molar refractivity (Wildman–Crippen MR) is 276 cm³/mol. The highest BCUT2D eigenvalue weighted by Crippen LogP contribution is 2.65. The molecule has 0 unspecified atom stereocenters. The molecule has 0 saturated carbocycles. The molecule has 2 aliphatic rings. The molecule has 0 radical (unpaired) electrons. The quantitative estimate of drug-likeness (QED) is 0.171. The van der Waals surface area contributed by atoms with E-state index in [1.54, 1.807) is 0 Å². The Morgan fingerprint density at radius 1 is 0.290 bits per heavy atom. The van der Waals surface area contributed by atoms with Crippen LogP contribution in [0, 0.1) is 0 Å². The molecule has 0 aliphatic heterocycles. The van der Waals surface area contributed by atoms with Crippen molar-refractivity contribution >= 4 is 43.9 Å². The van der Waals surface area contributed by atoms with E-state index in [1.807, 2.05) is 72.8 Å². The largest absolute Gasteiger partial charge is 0.456 e. The average molecular weight is 881 g/mol. The van der Waals surface area contributed by atoms with Crippen LogP contribution in [0.1, 0.15) is 22.3 Å². The van der Waals surface area contributed by atoms with Gasteiger partial charge in [0.25, 0.3) is 0 Å². The van der Waals surface area contributed by atoms with Gasteiger partial charge in [-0.25, -0.2) is 19.9 Å². The molecule has 6 heteroatoms. The topological polar surface area (TPSA) is 77.8 Å². The summed E-state index contributed by atoms with van der Waals surface area (Å²) in [6.45, 7) is 0. The molecule has 0 bridgehead atoms. The van der Waals surface area contributed by atoms with Crippen LogP contribution in [0.25, 0.3) is 123 Å². The summed E-state index contributed by atoms with van der Waals surface area (Å²) < 4.78 is 13.6. The Morgan fingerprint density at radius 2 is 0.841 bits per heavy atom. The number of rotatable bonds is 5. The van der Waals surface area contributed by atoms with Crippen LogP contribution in [0.2, 0.25) is 0 Å². The second kappa shape index (κ2) is 14.4.